The molecule has 0 saturated carbocycles. The summed E-state index contributed by atoms with van der Waals surface area (Å²) in [4.78, 5) is 2.25. The molecule has 0 radical (unpaired) electrons. The Kier molecular flexibility index (Phi) is 6.52. The number of nitrogens with zero attached hydrogens (tertiary/aromatic N) is 1. The zero-order valence-electron chi connectivity index (χ0n) is 13.5. The molecule has 0 aliphatic carbocycles. The number of nitrogens with one attached hydrogen (secondary N) is 1. The number of likely N-dealkylation sites (tertiary alicyclic amines) is 1. The highest BCUT2D eigenvalue weighted by Crippen LogP contribution is 2.37. The van der Waals surface area contributed by atoms with E-state index in [1.807, 2.05) is 0 Å². The van der Waals surface area contributed by atoms with Gasteiger partial charge in [0.1, 0.15) is 4.90 Å². The Morgan fingerprint density at radius 2 is 1.87 bits per heavy atom. The Hall–Kier alpha value is -1.02. The number of ether oxygens (including phenoxy) is 2. The third-order valence-corrected chi connectivity index (χ3v) is 5.55. The fourth-order valence-corrected chi connectivity index (χ4v) is 4.19. The first-order valence-corrected chi connectivity index (χ1v) is 9.47. The lowest BCUT2D eigenvalue weighted by atomic mass is 10.1. The van der Waals surface area contributed by atoms with Gasteiger partial charge in [0, 0.05) is 24.2 Å². The highest BCUT2D eigenvalue weighted by molar-refractivity contribution is 7.89. The van der Waals surface area contributed by atoms with Gasteiger partial charge in [0.25, 0.3) is 0 Å². The number of hydrogen-bond acceptors (Lipinski definition) is 5. The molecule has 1 saturated heterocycles. The predicted molar refractivity (Wildman–Crippen MR) is 90.0 cm³/mol. The summed E-state index contributed by atoms with van der Waals surface area (Å²) in [6, 6.07) is 2.89. The van der Waals surface area contributed by atoms with Gasteiger partial charge in [-0.3, -0.25) is 0 Å². The van der Waals surface area contributed by atoms with Gasteiger partial charge in [0.05, 0.1) is 14.2 Å². The van der Waals surface area contributed by atoms with Gasteiger partial charge in [0.2, 0.25) is 10.0 Å². The fourth-order valence-electron chi connectivity index (χ4n) is 2.70. The van der Waals surface area contributed by atoms with Crippen LogP contribution in [0.15, 0.2) is 17.0 Å². The van der Waals surface area contributed by atoms with Crippen LogP contribution in [0.2, 0.25) is 5.02 Å². The second kappa shape index (κ2) is 8.19. The molecule has 1 aliphatic rings. The van der Waals surface area contributed by atoms with E-state index >= 15 is 0 Å². The first kappa shape index (κ1) is 18.3. The number of rotatable bonds is 7. The molecule has 0 atom stereocenters. The van der Waals surface area contributed by atoms with E-state index < -0.39 is 10.0 Å². The van der Waals surface area contributed by atoms with Crippen LogP contribution < -0.4 is 14.2 Å². The lowest BCUT2D eigenvalue weighted by molar-refractivity contribution is 0.232. The SMILES string of the molecule is COc1cc(Cl)cc(S(=O)(=O)NCCN2CCCCC2)c1OC. The van der Waals surface area contributed by atoms with Crippen molar-refractivity contribution < 1.29 is 17.9 Å². The second-order valence-electron chi connectivity index (χ2n) is 5.44. The molecule has 2 rings (SSSR count). The first-order valence-electron chi connectivity index (χ1n) is 7.61. The Balaban J connectivity index is 2.10. The zero-order chi connectivity index (χ0) is 16.9. The van der Waals surface area contributed by atoms with Crippen LogP contribution in [0.25, 0.3) is 0 Å². The Morgan fingerprint density at radius 3 is 2.48 bits per heavy atom. The summed E-state index contributed by atoms with van der Waals surface area (Å²) in [6.07, 6.45) is 3.60. The number of piperidine rings is 1. The monoisotopic (exact) mass is 362 g/mol. The summed E-state index contributed by atoms with van der Waals surface area (Å²) < 4.78 is 38.0. The van der Waals surface area contributed by atoms with Crippen LogP contribution in [0.3, 0.4) is 0 Å². The average molecular weight is 363 g/mol. The van der Waals surface area contributed by atoms with E-state index in [0.29, 0.717) is 13.1 Å². The average Bonchev–Trinajstić information content (AvgIpc) is 2.54. The van der Waals surface area contributed by atoms with E-state index in [0.717, 1.165) is 13.1 Å². The maximum absolute atomic E-state index is 12.6. The third kappa shape index (κ3) is 4.73. The number of hydrogen-bond donors (Lipinski definition) is 1. The van der Waals surface area contributed by atoms with E-state index in [-0.39, 0.29) is 21.4 Å². The van der Waals surface area contributed by atoms with Gasteiger partial charge in [-0.2, -0.15) is 0 Å². The van der Waals surface area contributed by atoms with Gasteiger partial charge < -0.3 is 14.4 Å². The van der Waals surface area contributed by atoms with Crippen molar-refractivity contribution in [2.75, 3.05) is 40.4 Å². The van der Waals surface area contributed by atoms with E-state index in [4.69, 9.17) is 21.1 Å². The van der Waals surface area contributed by atoms with E-state index in [1.54, 1.807) is 0 Å². The molecule has 1 aromatic rings. The van der Waals surface area contributed by atoms with Crippen LogP contribution in [0.5, 0.6) is 11.5 Å². The molecule has 1 N–H and O–H groups in total. The zero-order valence-corrected chi connectivity index (χ0v) is 15.0. The van der Waals surface area contributed by atoms with Gasteiger partial charge in [-0.15, -0.1) is 0 Å². The highest BCUT2D eigenvalue weighted by atomic mass is 35.5. The highest BCUT2D eigenvalue weighted by Gasteiger charge is 2.24. The first-order chi connectivity index (χ1) is 11.0. The molecule has 1 fully saturated rings. The van der Waals surface area contributed by atoms with Crippen molar-refractivity contribution in [1.82, 2.24) is 9.62 Å². The molecule has 0 spiro atoms. The van der Waals surface area contributed by atoms with E-state index in [9.17, 15) is 8.42 Å². The molecule has 1 heterocycles. The lowest BCUT2D eigenvalue weighted by Crippen LogP contribution is -2.37. The molecule has 1 aliphatic heterocycles. The van der Waals surface area contributed by atoms with Gasteiger partial charge in [-0.05, 0) is 32.0 Å². The van der Waals surface area contributed by atoms with Crippen LogP contribution >= 0.6 is 11.6 Å². The van der Waals surface area contributed by atoms with Crippen molar-refractivity contribution in [3.8, 4) is 11.5 Å². The molecule has 8 heteroatoms. The Morgan fingerprint density at radius 1 is 1.17 bits per heavy atom. The summed E-state index contributed by atoms with van der Waals surface area (Å²) in [5.41, 5.74) is 0. The van der Waals surface area contributed by atoms with Crippen LogP contribution in [-0.4, -0.2) is 53.7 Å². The molecule has 6 nitrogen and oxygen atoms in total. The van der Waals surface area contributed by atoms with Gasteiger partial charge in [-0.1, -0.05) is 18.0 Å². The maximum Gasteiger partial charge on any atom is 0.244 e. The smallest absolute Gasteiger partial charge is 0.244 e. The van der Waals surface area contributed by atoms with Crippen LogP contribution in [0.4, 0.5) is 0 Å². The molecule has 23 heavy (non-hydrogen) atoms. The Labute approximate surface area is 142 Å². The minimum atomic E-state index is -3.73. The summed E-state index contributed by atoms with van der Waals surface area (Å²) in [6.45, 7) is 3.09. The summed E-state index contributed by atoms with van der Waals surface area (Å²) >= 11 is 5.98. The largest absolute Gasteiger partial charge is 0.493 e. The van der Waals surface area contributed by atoms with Gasteiger partial charge in [0.15, 0.2) is 11.5 Å². The second-order valence-corrected chi connectivity index (χ2v) is 7.61. The third-order valence-electron chi connectivity index (χ3n) is 3.87. The van der Waals surface area contributed by atoms with E-state index in [2.05, 4.69) is 9.62 Å². The topological polar surface area (TPSA) is 67.9 Å². The van der Waals surface area contributed by atoms with E-state index in [1.165, 1.54) is 45.6 Å². The normalized spacial score (nSPS) is 16.3. The molecule has 0 aromatic heterocycles. The summed E-state index contributed by atoms with van der Waals surface area (Å²) in [5, 5.41) is 0.277. The number of benzene rings is 1. The fraction of sp³-hybridized carbons (Fsp3) is 0.600. The van der Waals surface area contributed by atoms with Crippen LogP contribution in [0.1, 0.15) is 19.3 Å². The molecule has 130 valence electrons. The lowest BCUT2D eigenvalue weighted by Gasteiger charge is -2.26. The summed E-state index contributed by atoms with van der Waals surface area (Å²) in [5.74, 6) is 0.443. The minimum Gasteiger partial charge on any atom is -0.493 e. The molecule has 1 aromatic carbocycles. The number of halogens is 1. The van der Waals surface area contributed by atoms with Crippen molar-refractivity contribution >= 4 is 21.6 Å². The van der Waals surface area contributed by atoms with Crippen molar-refractivity contribution in [2.45, 2.75) is 24.2 Å². The van der Waals surface area contributed by atoms with Gasteiger partial charge >= 0.3 is 0 Å². The molecule has 0 amide bonds. The van der Waals surface area contributed by atoms with Crippen molar-refractivity contribution in [3.05, 3.63) is 17.2 Å². The van der Waals surface area contributed by atoms with Crippen molar-refractivity contribution in [2.24, 2.45) is 0 Å². The van der Waals surface area contributed by atoms with Crippen LogP contribution in [-0.2, 0) is 10.0 Å². The molecular formula is C15H23ClN2O4S. The van der Waals surface area contributed by atoms with Crippen molar-refractivity contribution in [1.29, 1.82) is 0 Å². The maximum atomic E-state index is 12.6. The Bertz CT molecular complexity index is 631. The minimum absolute atomic E-state index is 0.0111. The predicted octanol–water partition coefficient (Wildman–Crippen LogP) is 2.12. The van der Waals surface area contributed by atoms with Crippen molar-refractivity contribution in [3.63, 3.8) is 0 Å². The van der Waals surface area contributed by atoms with Crippen LogP contribution in [0, 0.1) is 0 Å². The molecular weight excluding hydrogens is 340 g/mol. The molecule has 0 bridgehead atoms. The number of sulfonamides is 1. The quantitative estimate of drug-likeness (QED) is 0.804. The molecule has 0 unspecified atom stereocenters. The van der Waals surface area contributed by atoms with Gasteiger partial charge in [-0.25, -0.2) is 13.1 Å². The summed E-state index contributed by atoms with van der Waals surface area (Å²) in [7, 11) is -0.885. The standard InChI is InChI=1S/C15H23ClN2O4S/c1-21-13-10-12(16)11-14(15(13)22-2)23(19,20)17-6-9-18-7-4-3-5-8-18/h10-11,17H,3-9H2,1-2H3. The number of methoxy groups -OCH3 is 2.